The number of methoxy groups -OCH3 is 1. The average molecular weight is 483 g/mol. The van der Waals surface area contributed by atoms with E-state index in [2.05, 4.69) is 17.6 Å². The summed E-state index contributed by atoms with van der Waals surface area (Å²) >= 11 is 1.41. The lowest BCUT2D eigenvalue weighted by molar-refractivity contribution is -0.144. The van der Waals surface area contributed by atoms with Crippen molar-refractivity contribution in [2.24, 2.45) is 16.7 Å². The number of aliphatic hydroxyl groups is 2. The summed E-state index contributed by atoms with van der Waals surface area (Å²) in [6, 6.07) is 0. The third-order valence-corrected chi connectivity index (χ3v) is 8.70. The van der Waals surface area contributed by atoms with E-state index in [1.807, 2.05) is 25.9 Å². The van der Waals surface area contributed by atoms with Gasteiger partial charge in [0, 0.05) is 42.8 Å². The molecule has 0 saturated heterocycles. The van der Waals surface area contributed by atoms with Gasteiger partial charge in [-0.05, 0) is 44.7 Å². The fraction of sp³-hybridized carbons (Fsp3) is 0.783. The van der Waals surface area contributed by atoms with Crippen LogP contribution >= 0.6 is 11.3 Å². The maximum absolute atomic E-state index is 12.9. The molecule has 2 aliphatic carbocycles. The van der Waals surface area contributed by atoms with E-state index in [9.17, 15) is 19.8 Å². The second-order valence-corrected chi connectivity index (χ2v) is 11.3. The molecule has 10 heteroatoms. The molecule has 1 aromatic heterocycles. The van der Waals surface area contributed by atoms with E-state index in [0.717, 1.165) is 23.5 Å². The lowest BCUT2D eigenvalue weighted by Gasteiger charge is -2.58. The fourth-order valence-electron chi connectivity index (χ4n) is 5.66. The zero-order valence-electron chi connectivity index (χ0n) is 20.3. The normalized spacial score (nSPS) is 31.1. The Balaban J connectivity index is 1.94. The molecule has 0 bridgehead atoms. The number of thiazole rings is 1. The topological polar surface area (TPSA) is 124 Å². The van der Waals surface area contributed by atoms with Gasteiger partial charge in [0.2, 0.25) is 5.91 Å². The molecule has 4 N–H and O–H groups in total. The summed E-state index contributed by atoms with van der Waals surface area (Å²) in [6.45, 7) is 5.25. The number of fused-ring (bicyclic) bond motifs is 2. The molecule has 0 unspecified atom stereocenters. The van der Waals surface area contributed by atoms with Gasteiger partial charge in [-0.3, -0.25) is 14.9 Å². The number of carbonyl (C=O) groups excluding carboxylic acids is 2. The molecule has 0 aromatic carbocycles. The highest BCUT2D eigenvalue weighted by molar-refractivity contribution is 7.15. The standard InChI is InChI=1S/C23H38N4O5S/c1-22-7-6-17(29)23(2,13-28)16(22)11-15-20(26-21(33-15)25-19(31)12-32-5)14(22)10-18(30)24-8-9-27(3)4/h14,16-17,28-29H,6-13H2,1-5H3,(H,24,30)(H,25,26,31)/t14-,16+,17-,22+,23+/m1/s1. The summed E-state index contributed by atoms with van der Waals surface area (Å²) in [5.74, 6) is -0.507. The van der Waals surface area contributed by atoms with Crippen LogP contribution in [0, 0.1) is 16.7 Å². The Bertz CT molecular complexity index is 862. The maximum Gasteiger partial charge on any atom is 0.252 e. The zero-order valence-corrected chi connectivity index (χ0v) is 21.1. The van der Waals surface area contributed by atoms with Crippen LogP contribution in [0.3, 0.4) is 0 Å². The summed E-state index contributed by atoms with van der Waals surface area (Å²) in [5, 5.41) is 27.4. The first kappa shape index (κ1) is 26.0. The monoisotopic (exact) mass is 482 g/mol. The molecule has 2 amide bonds. The molecule has 1 aromatic rings. The van der Waals surface area contributed by atoms with Crippen molar-refractivity contribution in [3.63, 3.8) is 0 Å². The number of ether oxygens (including phenoxy) is 1. The third kappa shape index (κ3) is 5.24. The molecular formula is C23H38N4O5S. The van der Waals surface area contributed by atoms with E-state index < -0.39 is 11.5 Å². The van der Waals surface area contributed by atoms with Gasteiger partial charge < -0.3 is 25.2 Å². The van der Waals surface area contributed by atoms with Gasteiger partial charge in [-0.1, -0.05) is 13.8 Å². The van der Waals surface area contributed by atoms with Crippen LogP contribution in [-0.2, 0) is 20.7 Å². The number of nitrogens with one attached hydrogen (secondary N) is 2. The Hall–Kier alpha value is -1.59. The molecule has 1 fully saturated rings. The van der Waals surface area contributed by atoms with Gasteiger partial charge in [-0.15, -0.1) is 11.3 Å². The SMILES string of the molecule is COCC(=O)Nc1nc2c(s1)C[C@@H]1[C@](C)(CO)[C@H](O)CC[C@@]1(C)[C@@H]2CC(=O)NCCN(C)C. The van der Waals surface area contributed by atoms with Crippen molar-refractivity contribution in [3.8, 4) is 0 Å². The van der Waals surface area contributed by atoms with Crippen LogP contribution in [-0.4, -0.2) is 85.5 Å². The molecule has 9 nitrogen and oxygen atoms in total. The number of aliphatic hydroxyl groups excluding tert-OH is 2. The number of hydrogen-bond donors (Lipinski definition) is 4. The molecule has 5 atom stereocenters. The molecule has 1 saturated carbocycles. The molecule has 0 spiro atoms. The van der Waals surface area contributed by atoms with Crippen LogP contribution < -0.4 is 10.6 Å². The Kier molecular flexibility index (Phi) is 8.16. The van der Waals surface area contributed by atoms with Crippen LogP contribution in [0.4, 0.5) is 5.13 Å². The second kappa shape index (κ2) is 10.4. The molecule has 3 rings (SSSR count). The first-order valence-electron chi connectivity index (χ1n) is 11.5. The quantitative estimate of drug-likeness (QED) is 0.417. The zero-order chi connectivity index (χ0) is 24.4. The van der Waals surface area contributed by atoms with Crippen molar-refractivity contribution in [2.45, 2.75) is 51.6 Å². The number of rotatable bonds is 9. The minimum Gasteiger partial charge on any atom is -0.396 e. The van der Waals surface area contributed by atoms with Crippen molar-refractivity contribution >= 4 is 28.3 Å². The first-order chi connectivity index (χ1) is 15.5. The molecule has 1 heterocycles. The maximum atomic E-state index is 12.9. The first-order valence-corrected chi connectivity index (χ1v) is 12.4. The van der Waals surface area contributed by atoms with Gasteiger partial charge in [-0.25, -0.2) is 4.98 Å². The Morgan fingerprint density at radius 3 is 2.67 bits per heavy atom. The number of carbonyl (C=O) groups is 2. The highest BCUT2D eigenvalue weighted by Crippen LogP contribution is 2.62. The number of likely N-dealkylation sites (N-methyl/N-ethyl adjacent to an activating group) is 1. The lowest BCUT2D eigenvalue weighted by Crippen LogP contribution is -2.57. The predicted molar refractivity (Wildman–Crippen MR) is 127 cm³/mol. The van der Waals surface area contributed by atoms with Crippen molar-refractivity contribution in [2.75, 3.05) is 52.8 Å². The number of anilines is 1. The smallest absolute Gasteiger partial charge is 0.252 e. The largest absolute Gasteiger partial charge is 0.396 e. The van der Waals surface area contributed by atoms with Crippen LogP contribution in [0.2, 0.25) is 0 Å². The molecule has 186 valence electrons. The predicted octanol–water partition coefficient (Wildman–Crippen LogP) is 1.21. The van der Waals surface area contributed by atoms with E-state index >= 15 is 0 Å². The van der Waals surface area contributed by atoms with Crippen molar-refractivity contribution < 1.29 is 24.5 Å². The Labute approximate surface area is 199 Å². The minimum atomic E-state index is -0.673. The number of nitrogens with zero attached hydrogens (tertiary/aromatic N) is 2. The second-order valence-electron chi connectivity index (χ2n) is 10.2. The summed E-state index contributed by atoms with van der Waals surface area (Å²) in [4.78, 5) is 32.8. The minimum absolute atomic E-state index is 0.0196. The molecular weight excluding hydrogens is 444 g/mol. The van der Waals surface area contributed by atoms with Crippen molar-refractivity contribution in [3.05, 3.63) is 10.6 Å². The molecule has 2 aliphatic rings. The highest BCUT2D eigenvalue weighted by Gasteiger charge is 2.59. The van der Waals surface area contributed by atoms with Crippen LogP contribution in [0.1, 0.15) is 49.6 Å². The number of aromatic nitrogens is 1. The van der Waals surface area contributed by atoms with E-state index in [4.69, 9.17) is 9.72 Å². The van der Waals surface area contributed by atoms with Crippen molar-refractivity contribution in [1.82, 2.24) is 15.2 Å². The van der Waals surface area contributed by atoms with Gasteiger partial charge in [0.05, 0.1) is 18.4 Å². The van der Waals surface area contributed by atoms with Gasteiger partial charge >= 0.3 is 0 Å². The molecule has 33 heavy (non-hydrogen) atoms. The van der Waals surface area contributed by atoms with Crippen LogP contribution in [0.5, 0.6) is 0 Å². The van der Waals surface area contributed by atoms with Gasteiger partial charge in [0.25, 0.3) is 5.91 Å². The van der Waals surface area contributed by atoms with E-state index in [1.165, 1.54) is 18.4 Å². The van der Waals surface area contributed by atoms with E-state index in [-0.39, 0.29) is 48.7 Å². The highest BCUT2D eigenvalue weighted by atomic mass is 32.1. The Morgan fingerprint density at radius 1 is 1.30 bits per heavy atom. The van der Waals surface area contributed by atoms with Crippen LogP contribution in [0.25, 0.3) is 0 Å². The van der Waals surface area contributed by atoms with Gasteiger partial charge in [-0.2, -0.15) is 0 Å². The summed E-state index contributed by atoms with van der Waals surface area (Å²) in [6.07, 6.45) is 1.63. The lowest BCUT2D eigenvalue weighted by atomic mass is 9.47. The van der Waals surface area contributed by atoms with E-state index in [1.54, 1.807) is 0 Å². The van der Waals surface area contributed by atoms with Crippen molar-refractivity contribution in [1.29, 1.82) is 0 Å². The fourth-order valence-corrected chi connectivity index (χ4v) is 6.75. The van der Waals surface area contributed by atoms with Gasteiger partial charge in [0.1, 0.15) is 6.61 Å². The number of amides is 2. The van der Waals surface area contributed by atoms with E-state index in [0.29, 0.717) is 24.5 Å². The average Bonchev–Trinajstić information content (AvgIpc) is 3.14. The molecule has 0 radical (unpaired) electrons. The Morgan fingerprint density at radius 2 is 2.03 bits per heavy atom. The molecule has 0 aliphatic heterocycles. The third-order valence-electron chi connectivity index (χ3n) is 7.69. The number of hydrogen-bond acceptors (Lipinski definition) is 8. The van der Waals surface area contributed by atoms with Crippen LogP contribution in [0.15, 0.2) is 0 Å². The summed E-state index contributed by atoms with van der Waals surface area (Å²) in [5.41, 5.74) is -0.135. The summed E-state index contributed by atoms with van der Waals surface area (Å²) < 4.78 is 4.91. The van der Waals surface area contributed by atoms with Gasteiger partial charge in [0.15, 0.2) is 5.13 Å². The summed E-state index contributed by atoms with van der Waals surface area (Å²) in [7, 11) is 5.38.